The highest BCUT2D eigenvalue weighted by atomic mass is 35.6. The lowest BCUT2D eigenvalue weighted by molar-refractivity contribution is 0.653. The van der Waals surface area contributed by atoms with E-state index in [1.807, 2.05) is 0 Å². The molecule has 1 aromatic heterocycles. The fourth-order valence-electron chi connectivity index (χ4n) is 0.746. The summed E-state index contributed by atoms with van der Waals surface area (Å²) in [7, 11) is 0. The molecule has 0 spiro atoms. The summed E-state index contributed by atoms with van der Waals surface area (Å²) in [6.07, 6.45) is 1.85. The van der Waals surface area contributed by atoms with Crippen LogP contribution in [0.15, 0.2) is 6.33 Å². The fourth-order valence-corrected chi connectivity index (χ4v) is 1.33. The topological polar surface area (TPSA) is 17.8 Å². The lowest BCUT2D eigenvalue weighted by Gasteiger charge is -2.10. The number of alkyl halides is 3. The summed E-state index contributed by atoms with van der Waals surface area (Å²) in [5.74, 6) is 0. The number of hydrogen-bond acceptors (Lipinski definition) is 1. The van der Waals surface area contributed by atoms with Gasteiger partial charge in [-0.2, -0.15) is 0 Å². The van der Waals surface area contributed by atoms with Crippen molar-refractivity contribution in [1.82, 2.24) is 9.55 Å². The van der Waals surface area contributed by atoms with Gasteiger partial charge < -0.3 is 4.57 Å². The van der Waals surface area contributed by atoms with E-state index >= 15 is 0 Å². The average molecular weight is 282 g/mol. The Balaban J connectivity index is 2.60. The quantitative estimate of drug-likeness (QED) is 0.751. The third-order valence-corrected chi connectivity index (χ3v) is 2.71. The lowest BCUT2D eigenvalue weighted by atomic mass is 10.5. The Hall–Kier alpha value is 0.660. The summed E-state index contributed by atoms with van der Waals surface area (Å²) in [5.41, 5.74) is 0. The summed E-state index contributed by atoms with van der Waals surface area (Å²) >= 11 is 28.1. The summed E-state index contributed by atoms with van der Waals surface area (Å²) in [5, 5.41) is 0.613. The second-order valence-electron chi connectivity index (χ2n) is 2.38. The smallest absolute Gasteiger partial charge is 0.192 e. The van der Waals surface area contributed by atoms with Gasteiger partial charge in [-0.3, -0.25) is 0 Å². The maximum Gasteiger partial charge on any atom is 0.192 e. The van der Waals surface area contributed by atoms with E-state index in [4.69, 9.17) is 58.0 Å². The molecule has 0 N–H and O–H groups in total. The van der Waals surface area contributed by atoms with Gasteiger partial charge in [-0.15, -0.1) is 0 Å². The molecule has 0 aromatic carbocycles. The maximum absolute atomic E-state index is 5.78. The molecule has 0 saturated heterocycles. The highest BCUT2D eigenvalue weighted by Crippen LogP contribution is 2.31. The number of nitrogens with zero attached hydrogens (tertiary/aromatic N) is 2. The molecule has 0 bridgehead atoms. The van der Waals surface area contributed by atoms with E-state index in [1.165, 1.54) is 6.33 Å². The Morgan fingerprint density at radius 3 is 2.31 bits per heavy atom. The van der Waals surface area contributed by atoms with Gasteiger partial charge in [0.05, 0.1) is 6.33 Å². The molecular formula is C6H5Cl5N2. The first-order valence-corrected chi connectivity index (χ1v) is 5.22. The van der Waals surface area contributed by atoms with E-state index in [9.17, 15) is 0 Å². The van der Waals surface area contributed by atoms with Gasteiger partial charge in [-0.05, 0) is 0 Å². The van der Waals surface area contributed by atoms with E-state index < -0.39 is 3.79 Å². The largest absolute Gasteiger partial charge is 0.320 e. The fraction of sp³-hybridized carbons (Fsp3) is 0.500. The normalized spacial score (nSPS) is 12.1. The van der Waals surface area contributed by atoms with Crippen LogP contribution >= 0.6 is 58.0 Å². The van der Waals surface area contributed by atoms with Crippen LogP contribution in [0.4, 0.5) is 0 Å². The van der Waals surface area contributed by atoms with Gasteiger partial charge >= 0.3 is 0 Å². The van der Waals surface area contributed by atoms with Crippen LogP contribution in [0.1, 0.15) is 6.42 Å². The molecule has 0 aliphatic rings. The van der Waals surface area contributed by atoms with Crippen LogP contribution in [-0.4, -0.2) is 13.3 Å². The van der Waals surface area contributed by atoms with E-state index in [0.29, 0.717) is 18.1 Å². The molecule has 0 atom stereocenters. The standard InChI is InChI=1S/C6H5Cl5N2/c7-4-5(8)13(3-12-4)2-1-6(9,10)11/h3H,1-2H2. The van der Waals surface area contributed by atoms with Crippen LogP contribution < -0.4 is 0 Å². The molecule has 0 aliphatic heterocycles. The van der Waals surface area contributed by atoms with Gasteiger partial charge in [0, 0.05) is 13.0 Å². The van der Waals surface area contributed by atoms with Gasteiger partial charge in [-0.1, -0.05) is 58.0 Å². The molecule has 0 aliphatic carbocycles. The SMILES string of the molecule is Clc1ncn(CCC(Cl)(Cl)Cl)c1Cl. The Bertz CT molecular complexity index is 290. The van der Waals surface area contributed by atoms with Crippen molar-refractivity contribution in [3.63, 3.8) is 0 Å². The highest BCUT2D eigenvalue weighted by Gasteiger charge is 2.19. The molecule has 0 saturated carbocycles. The second kappa shape index (κ2) is 4.45. The van der Waals surface area contributed by atoms with Crippen molar-refractivity contribution in [2.75, 3.05) is 0 Å². The number of hydrogen-bond donors (Lipinski definition) is 0. The predicted octanol–water partition coefficient (Wildman–Crippen LogP) is 3.95. The molecule has 1 aromatic rings. The van der Waals surface area contributed by atoms with Crippen molar-refractivity contribution in [1.29, 1.82) is 0 Å². The minimum Gasteiger partial charge on any atom is -0.320 e. The van der Waals surface area contributed by atoms with E-state index in [-0.39, 0.29) is 5.15 Å². The third kappa shape index (κ3) is 3.72. The molecule has 13 heavy (non-hydrogen) atoms. The Kier molecular flexibility index (Phi) is 4.02. The Labute approximate surface area is 101 Å². The summed E-state index contributed by atoms with van der Waals surface area (Å²) in [4.78, 5) is 3.78. The van der Waals surface area contributed by atoms with Crippen LogP contribution in [0.25, 0.3) is 0 Å². The monoisotopic (exact) mass is 280 g/mol. The van der Waals surface area contributed by atoms with Gasteiger partial charge in [-0.25, -0.2) is 4.98 Å². The maximum atomic E-state index is 5.78. The predicted molar refractivity (Wildman–Crippen MR) is 57.2 cm³/mol. The molecule has 1 rings (SSSR count). The zero-order chi connectivity index (χ0) is 10.1. The first kappa shape index (κ1) is 11.7. The van der Waals surface area contributed by atoms with E-state index in [2.05, 4.69) is 4.98 Å². The van der Waals surface area contributed by atoms with Crippen molar-refractivity contribution >= 4 is 58.0 Å². The third-order valence-electron chi connectivity index (χ3n) is 1.37. The van der Waals surface area contributed by atoms with Crippen molar-refractivity contribution in [3.05, 3.63) is 16.6 Å². The molecule has 74 valence electrons. The molecule has 0 fully saturated rings. The van der Waals surface area contributed by atoms with Crippen molar-refractivity contribution in [2.24, 2.45) is 0 Å². The average Bonchev–Trinajstić information content (AvgIpc) is 2.29. The lowest BCUT2D eigenvalue weighted by Crippen LogP contribution is -2.08. The van der Waals surface area contributed by atoms with Crippen molar-refractivity contribution in [3.8, 4) is 0 Å². The highest BCUT2D eigenvalue weighted by molar-refractivity contribution is 6.67. The number of aryl methyl sites for hydroxylation is 1. The van der Waals surface area contributed by atoms with Crippen LogP contribution in [0.2, 0.25) is 10.3 Å². The number of rotatable bonds is 2. The molecule has 0 unspecified atom stereocenters. The van der Waals surface area contributed by atoms with E-state index in [1.54, 1.807) is 4.57 Å². The Morgan fingerprint density at radius 2 is 1.92 bits per heavy atom. The molecular weight excluding hydrogens is 277 g/mol. The van der Waals surface area contributed by atoms with Gasteiger partial charge in [0.15, 0.2) is 8.95 Å². The number of imidazole rings is 1. The van der Waals surface area contributed by atoms with Crippen molar-refractivity contribution < 1.29 is 0 Å². The minimum atomic E-state index is -1.28. The molecule has 2 nitrogen and oxygen atoms in total. The molecule has 7 heteroatoms. The summed E-state index contributed by atoms with van der Waals surface area (Å²) < 4.78 is 0.339. The van der Waals surface area contributed by atoms with Gasteiger partial charge in [0.2, 0.25) is 0 Å². The first-order chi connectivity index (χ1) is 5.90. The minimum absolute atomic E-state index is 0.256. The molecule has 1 heterocycles. The summed E-state index contributed by atoms with van der Waals surface area (Å²) in [6.45, 7) is 0.467. The zero-order valence-electron chi connectivity index (χ0n) is 6.28. The van der Waals surface area contributed by atoms with Crippen molar-refractivity contribution in [2.45, 2.75) is 16.8 Å². The number of halogens is 5. The van der Waals surface area contributed by atoms with Crippen LogP contribution in [0.3, 0.4) is 0 Å². The van der Waals surface area contributed by atoms with Crippen LogP contribution in [0, 0.1) is 0 Å². The molecule has 0 radical (unpaired) electrons. The van der Waals surface area contributed by atoms with Gasteiger partial charge in [0.1, 0.15) is 5.15 Å². The first-order valence-electron chi connectivity index (χ1n) is 3.33. The van der Waals surface area contributed by atoms with E-state index in [0.717, 1.165) is 0 Å². The number of aromatic nitrogens is 2. The van der Waals surface area contributed by atoms with Crippen LogP contribution in [0.5, 0.6) is 0 Å². The summed E-state index contributed by atoms with van der Waals surface area (Å²) in [6, 6.07) is 0. The van der Waals surface area contributed by atoms with Gasteiger partial charge in [0.25, 0.3) is 0 Å². The molecule has 0 amide bonds. The van der Waals surface area contributed by atoms with Crippen LogP contribution in [-0.2, 0) is 6.54 Å². The zero-order valence-corrected chi connectivity index (χ0v) is 10.1. The second-order valence-corrected chi connectivity index (χ2v) is 5.62. The Morgan fingerprint density at radius 1 is 1.31 bits per heavy atom.